The molecule has 0 saturated heterocycles. The maximum Gasteiger partial charge on any atom is 0.354 e. The Morgan fingerprint density at radius 1 is 1.19 bits per heavy atom. The van der Waals surface area contributed by atoms with Gasteiger partial charge in [-0.1, -0.05) is 11.6 Å². The molecule has 2 aromatic rings. The van der Waals surface area contributed by atoms with Crippen LogP contribution in [-0.2, 0) is 16.0 Å². The monoisotopic (exact) mass is 329 g/mol. The minimum atomic E-state index is -0.475. The molecule has 0 spiro atoms. The fraction of sp³-hybridized carbons (Fsp3) is 0.429. The van der Waals surface area contributed by atoms with E-state index in [2.05, 4.69) is 0 Å². The predicted molar refractivity (Wildman–Crippen MR) is 82.4 cm³/mol. The predicted octanol–water partition coefficient (Wildman–Crippen LogP) is 3.73. The number of carbonyl (C=O) groups is 2. The van der Waals surface area contributed by atoms with Crippen LogP contribution < -0.4 is 0 Å². The standard InChI is InChI=1S/C14H16ClNO4S/c1-4-16-9(13(17)19-5-2)7-8-10(14(18)20-6-3)11(15)21-12(8)16/h7H,4-6H2,1-3H3. The molecule has 0 aliphatic carbocycles. The van der Waals surface area contributed by atoms with Gasteiger partial charge in [0.25, 0.3) is 0 Å². The van der Waals surface area contributed by atoms with Crippen molar-refractivity contribution in [2.45, 2.75) is 27.3 Å². The first-order valence-corrected chi connectivity index (χ1v) is 7.90. The van der Waals surface area contributed by atoms with Crippen LogP contribution in [0.2, 0.25) is 4.34 Å². The lowest BCUT2D eigenvalue weighted by molar-refractivity contribution is 0.0509. The highest BCUT2D eigenvalue weighted by atomic mass is 35.5. The summed E-state index contributed by atoms with van der Waals surface area (Å²) in [5.74, 6) is -0.883. The van der Waals surface area contributed by atoms with Gasteiger partial charge in [-0.2, -0.15) is 0 Å². The van der Waals surface area contributed by atoms with Crippen molar-refractivity contribution >= 4 is 45.1 Å². The van der Waals surface area contributed by atoms with Crippen LogP contribution in [0.5, 0.6) is 0 Å². The zero-order valence-corrected chi connectivity index (χ0v) is 13.6. The lowest BCUT2D eigenvalue weighted by Crippen LogP contribution is -2.11. The summed E-state index contributed by atoms with van der Waals surface area (Å²) in [5, 5.41) is 0.633. The molecule has 5 nitrogen and oxygen atoms in total. The molecule has 2 aromatic heterocycles. The molecule has 114 valence electrons. The molecule has 0 saturated carbocycles. The van der Waals surface area contributed by atoms with Crippen LogP contribution in [0.15, 0.2) is 6.07 Å². The second-order valence-corrected chi connectivity index (χ2v) is 5.79. The number of aromatic nitrogens is 1. The van der Waals surface area contributed by atoms with Crippen LogP contribution in [0.3, 0.4) is 0 Å². The van der Waals surface area contributed by atoms with Crippen molar-refractivity contribution < 1.29 is 19.1 Å². The zero-order valence-electron chi connectivity index (χ0n) is 12.1. The van der Waals surface area contributed by atoms with E-state index in [0.717, 1.165) is 4.83 Å². The van der Waals surface area contributed by atoms with Gasteiger partial charge in [-0.25, -0.2) is 9.59 Å². The van der Waals surface area contributed by atoms with Crippen molar-refractivity contribution in [3.05, 3.63) is 21.7 Å². The lowest BCUT2D eigenvalue weighted by Gasteiger charge is -2.05. The molecule has 7 heteroatoms. The number of aryl methyl sites for hydroxylation is 1. The van der Waals surface area contributed by atoms with Gasteiger partial charge in [-0.15, -0.1) is 11.3 Å². The quantitative estimate of drug-likeness (QED) is 0.784. The highest BCUT2D eigenvalue weighted by molar-refractivity contribution is 7.22. The minimum absolute atomic E-state index is 0.270. The Morgan fingerprint density at radius 2 is 1.81 bits per heavy atom. The molecule has 0 aliphatic heterocycles. The number of thiophene rings is 1. The van der Waals surface area contributed by atoms with E-state index >= 15 is 0 Å². The summed E-state index contributed by atoms with van der Waals surface area (Å²) >= 11 is 7.41. The van der Waals surface area contributed by atoms with E-state index in [9.17, 15) is 9.59 Å². The van der Waals surface area contributed by atoms with Crippen molar-refractivity contribution in [2.75, 3.05) is 13.2 Å². The molecule has 0 aliphatic rings. The van der Waals surface area contributed by atoms with Gasteiger partial charge in [0.15, 0.2) is 0 Å². The van der Waals surface area contributed by atoms with E-state index < -0.39 is 11.9 Å². The Morgan fingerprint density at radius 3 is 2.38 bits per heavy atom. The molecule has 0 amide bonds. The molecule has 0 unspecified atom stereocenters. The first kappa shape index (κ1) is 15.9. The second kappa shape index (κ2) is 6.49. The highest BCUT2D eigenvalue weighted by Crippen LogP contribution is 2.38. The van der Waals surface area contributed by atoms with Gasteiger partial charge in [-0.05, 0) is 26.8 Å². The third-order valence-electron chi connectivity index (χ3n) is 2.98. The van der Waals surface area contributed by atoms with Crippen molar-refractivity contribution in [3.8, 4) is 0 Å². The maximum absolute atomic E-state index is 12.0. The van der Waals surface area contributed by atoms with Crippen LogP contribution in [0.4, 0.5) is 0 Å². The number of rotatable bonds is 5. The van der Waals surface area contributed by atoms with Gasteiger partial charge in [0.05, 0.1) is 18.8 Å². The van der Waals surface area contributed by atoms with E-state index in [4.69, 9.17) is 21.1 Å². The van der Waals surface area contributed by atoms with E-state index in [1.54, 1.807) is 24.5 Å². The van der Waals surface area contributed by atoms with E-state index in [1.165, 1.54) is 11.3 Å². The average Bonchev–Trinajstić information content (AvgIpc) is 2.93. The summed E-state index contributed by atoms with van der Waals surface area (Å²) in [6.45, 7) is 6.55. The topological polar surface area (TPSA) is 57.5 Å². The van der Waals surface area contributed by atoms with E-state index in [0.29, 0.717) is 34.1 Å². The van der Waals surface area contributed by atoms with Crippen molar-refractivity contribution in [3.63, 3.8) is 0 Å². The number of ether oxygens (including phenoxy) is 2. The molecule has 0 bridgehead atoms. The van der Waals surface area contributed by atoms with E-state index in [-0.39, 0.29) is 6.61 Å². The SMILES string of the molecule is CCOC(=O)c1c(Cl)sc2c1cc(C(=O)OCC)n2CC. The fourth-order valence-electron chi connectivity index (χ4n) is 2.14. The lowest BCUT2D eigenvalue weighted by atomic mass is 10.2. The summed E-state index contributed by atoms with van der Waals surface area (Å²) in [4.78, 5) is 24.8. The summed E-state index contributed by atoms with van der Waals surface area (Å²) in [6, 6.07) is 1.64. The van der Waals surface area contributed by atoms with Gasteiger partial charge in [0.1, 0.15) is 14.9 Å². The Bertz CT molecular complexity index is 689. The normalized spacial score (nSPS) is 10.9. The number of hydrogen-bond donors (Lipinski definition) is 0. The molecular weight excluding hydrogens is 314 g/mol. The van der Waals surface area contributed by atoms with Crippen LogP contribution in [-0.4, -0.2) is 29.7 Å². The Balaban J connectivity index is 2.60. The van der Waals surface area contributed by atoms with E-state index in [1.807, 2.05) is 6.92 Å². The summed E-state index contributed by atoms with van der Waals surface area (Å²) in [7, 11) is 0. The average molecular weight is 330 g/mol. The zero-order chi connectivity index (χ0) is 15.6. The smallest absolute Gasteiger partial charge is 0.354 e. The number of fused-ring (bicyclic) bond motifs is 1. The molecule has 0 atom stereocenters. The van der Waals surface area contributed by atoms with Crippen LogP contribution >= 0.6 is 22.9 Å². The van der Waals surface area contributed by atoms with Gasteiger partial charge < -0.3 is 14.0 Å². The molecular formula is C14H16ClNO4S. The molecule has 0 radical (unpaired) electrons. The Labute approximate surface area is 131 Å². The first-order chi connectivity index (χ1) is 10.0. The largest absolute Gasteiger partial charge is 0.462 e. The number of esters is 2. The van der Waals surface area contributed by atoms with Crippen molar-refractivity contribution in [1.29, 1.82) is 0 Å². The third kappa shape index (κ3) is 2.78. The van der Waals surface area contributed by atoms with Crippen molar-refractivity contribution in [1.82, 2.24) is 4.57 Å². The van der Waals surface area contributed by atoms with Crippen LogP contribution in [0.1, 0.15) is 41.6 Å². The molecule has 21 heavy (non-hydrogen) atoms. The summed E-state index contributed by atoms with van der Waals surface area (Å²) < 4.78 is 12.2. The molecule has 2 heterocycles. The van der Waals surface area contributed by atoms with Gasteiger partial charge in [0, 0.05) is 11.9 Å². The summed E-state index contributed by atoms with van der Waals surface area (Å²) in [6.07, 6.45) is 0. The molecule has 0 N–H and O–H groups in total. The molecule has 0 fully saturated rings. The fourth-order valence-corrected chi connectivity index (χ4v) is 3.62. The number of nitrogens with zero attached hydrogens (tertiary/aromatic N) is 1. The highest BCUT2D eigenvalue weighted by Gasteiger charge is 2.25. The number of halogens is 1. The minimum Gasteiger partial charge on any atom is -0.462 e. The van der Waals surface area contributed by atoms with Gasteiger partial charge in [0.2, 0.25) is 0 Å². The van der Waals surface area contributed by atoms with Crippen LogP contribution in [0.25, 0.3) is 10.2 Å². The van der Waals surface area contributed by atoms with Gasteiger partial charge >= 0.3 is 11.9 Å². The maximum atomic E-state index is 12.0. The Hall–Kier alpha value is -1.53. The molecule has 0 aromatic carbocycles. The van der Waals surface area contributed by atoms with Gasteiger partial charge in [-0.3, -0.25) is 0 Å². The molecule has 2 rings (SSSR count). The first-order valence-electron chi connectivity index (χ1n) is 6.70. The summed E-state index contributed by atoms with van der Waals surface area (Å²) in [5.41, 5.74) is 0.735. The second-order valence-electron chi connectivity index (χ2n) is 4.18. The number of carbonyl (C=O) groups excluding carboxylic acids is 2. The van der Waals surface area contributed by atoms with Crippen LogP contribution in [0, 0.1) is 0 Å². The third-order valence-corrected chi connectivity index (χ3v) is 4.42. The Kier molecular flexibility index (Phi) is 4.90. The number of hydrogen-bond acceptors (Lipinski definition) is 5. The van der Waals surface area contributed by atoms with Crippen molar-refractivity contribution in [2.24, 2.45) is 0 Å².